The molecular formula is C15H20N2O4. The van der Waals surface area contributed by atoms with E-state index >= 15 is 0 Å². The molecule has 0 spiro atoms. The molecule has 114 valence electrons. The van der Waals surface area contributed by atoms with Crippen LogP contribution in [0.4, 0.5) is 0 Å². The van der Waals surface area contributed by atoms with Crippen LogP contribution in [0.1, 0.15) is 17.0 Å². The number of rotatable bonds is 4. The predicted molar refractivity (Wildman–Crippen MR) is 75.7 cm³/mol. The van der Waals surface area contributed by atoms with Crippen LogP contribution in [-0.2, 0) is 11.2 Å². The Labute approximate surface area is 122 Å². The van der Waals surface area contributed by atoms with Crippen LogP contribution in [0.15, 0.2) is 24.3 Å². The summed E-state index contributed by atoms with van der Waals surface area (Å²) in [4.78, 5) is 12.2. The first-order valence-electron chi connectivity index (χ1n) is 7.20. The number of aliphatic hydroxyl groups is 3. The quantitative estimate of drug-likeness (QED) is 0.465. The van der Waals surface area contributed by atoms with Gasteiger partial charge in [0.15, 0.2) is 0 Å². The molecule has 5 atom stereocenters. The Balaban J connectivity index is 1.54. The van der Waals surface area contributed by atoms with Gasteiger partial charge >= 0.3 is 0 Å². The summed E-state index contributed by atoms with van der Waals surface area (Å²) >= 11 is 0. The summed E-state index contributed by atoms with van der Waals surface area (Å²) in [6.07, 6.45) is -1.26. The van der Waals surface area contributed by atoms with Crippen LogP contribution in [-0.4, -0.2) is 58.7 Å². The highest BCUT2D eigenvalue weighted by atomic mass is 16.3. The average Bonchev–Trinajstić information content (AvgIpc) is 2.74. The Kier molecular flexibility index (Phi) is 3.95. The molecule has 0 bridgehead atoms. The van der Waals surface area contributed by atoms with Crippen LogP contribution < -0.4 is 10.6 Å². The Bertz CT molecular complexity index is 536. The zero-order valence-corrected chi connectivity index (χ0v) is 11.6. The summed E-state index contributed by atoms with van der Waals surface area (Å²) in [5.74, 6) is -0.192. The minimum atomic E-state index is -1.01. The van der Waals surface area contributed by atoms with Crippen LogP contribution in [0.25, 0.3) is 0 Å². The van der Waals surface area contributed by atoms with Crippen molar-refractivity contribution in [3.8, 4) is 0 Å². The molecule has 1 aromatic rings. The predicted octanol–water partition coefficient (Wildman–Crippen LogP) is -1.50. The molecule has 0 aromatic heterocycles. The standard InChI is InChI=1S/C15H20N2O4/c18-7-12-14(20)13(19)11(17-12)6-16-15(21)10-5-8-3-1-2-4-9(8)10/h1-4,10-14,17-20H,5-7H2,(H,16,21)/t10?,11-,12-,13-,14+/m1/s1. The van der Waals surface area contributed by atoms with Crippen LogP contribution in [0.3, 0.4) is 0 Å². The van der Waals surface area contributed by atoms with Gasteiger partial charge in [-0.2, -0.15) is 0 Å². The van der Waals surface area contributed by atoms with Gasteiger partial charge in [-0.25, -0.2) is 0 Å². The molecule has 3 rings (SSSR count). The highest BCUT2D eigenvalue weighted by Gasteiger charge is 2.41. The van der Waals surface area contributed by atoms with Gasteiger partial charge in [-0.3, -0.25) is 4.79 Å². The van der Waals surface area contributed by atoms with E-state index in [1.165, 1.54) is 5.56 Å². The minimum absolute atomic E-state index is 0.0651. The summed E-state index contributed by atoms with van der Waals surface area (Å²) in [6.45, 7) is -0.0229. The summed E-state index contributed by atoms with van der Waals surface area (Å²) in [6, 6.07) is 6.86. The number of carbonyl (C=O) groups excluding carboxylic acids is 1. The lowest BCUT2D eigenvalue weighted by atomic mass is 9.77. The summed E-state index contributed by atoms with van der Waals surface area (Å²) in [5, 5.41) is 34.4. The van der Waals surface area contributed by atoms with Crippen molar-refractivity contribution in [3.05, 3.63) is 35.4 Å². The van der Waals surface area contributed by atoms with E-state index in [0.29, 0.717) is 0 Å². The van der Waals surface area contributed by atoms with Crippen LogP contribution in [0.2, 0.25) is 0 Å². The van der Waals surface area contributed by atoms with E-state index in [9.17, 15) is 15.0 Å². The third-order valence-corrected chi connectivity index (χ3v) is 4.47. The number of benzene rings is 1. The van der Waals surface area contributed by atoms with E-state index in [1.807, 2.05) is 24.3 Å². The molecule has 1 aliphatic heterocycles. The molecule has 1 saturated heterocycles. The molecular weight excluding hydrogens is 272 g/mol. The van der Waals surface area contributed by atoms with Crippen molar-refractivity contribution >= 4 is 5.91 Å². The normalized spacial score (nSPS) is 34.1. The van der Waals surface area contributed by atoms with Crippen molar-refractivity contribution in [2.75, 3.05) is 13.2 Å². The monoisotopic (exact) mass is 292 g/mol. The third-order valence-electron chi connectivity index (χ3n) is 4.47. The topological polar surface area (TPSA) is 102 Å². The van der Waals surface area contributed by atoms with Gasteiger partial charge in [0, 0.05) is 6.54 Å². The molecule has 1 unspecified atom stereocenters. The van der Waals surface area contributed by atoms with Crippen molar-refractivity contribution < 1.29 is 20.1 Å². The van der Waals surface area contributed by atoms with E-state index in [0.717, 1.165) is 12.0 Å². The van der Waals surface area contributed by atoms with Gasteiger partial charge in [0.2, 0.25) is 5.91 Å². The Hall–Kier alpha value is -1.47. The van der Waals surface area contributed by atoms with Gasteiger partial charge in [-0.05, 0) is 17.5 Å². The highest BCUT2D eigenvalue weighted by molar-refractivity contribution is 5.86. The second-order valence-electron chi connectivity index (χ2n) is 5.74. The Morgan fingerprint density at radius 1 is 1.24 bits per heavy atom. The lowest BCUT2D eigenvalue weighted by Gasteiger charge is -2.29. The van der Waals surface area contributed by atoms with Crippen molar-refractivity contribution in [2.24, 2.45) is 0 Å². The zero-order chi connectivity index (χ0) is 15.0. The second kappa shape index (κ2) is 5.73. The van der Waals surface area contributed by atoms with Crippen molar-refractivity contribution in [1.29, 1.82) is 0 Å². The first-order valence-corrected chi connectivity index (χ1v) is 7.20. The second-order valence-corrected chi connectivity index (χ2v) is 5.74. The number of carbonyl (C=O) groups is 1. The molecule has 6 nitrogen and oxygen atoms in total. The number of fused-ring (bicyclic) bond motifs is 1. The maximum absolute atomic E-state index is 12.2. The van der Waals surface area contributed by atoms with Gasteiger partial charge in [0.25, 0.3) is 0 Å². The maximum Gasteiger partial charge on any atom is 0.227 e. The van der Waals surface area contributed by atoms with E-state index in [2.05, 4.69) is 10.6 Å². The van der Waals surface area contributed by atoms with Crippen LogP contribution >= 0.6 is 0 Å². The fourth-order valence-electron chi connectivity index (χ4n) is 3.12. The fourth-order valence-corrected chi connectivity index (χ4v) is 3.12. The third kappa shape index (κ3) is 2.55. The number of nitrogens with one attached hydrogen (secondary N) is 2. The van der Waals surface area contributed by atoms with E-state index in [-0.39, 0.29) is 25.0 Å². The Morgan fingerprint density at radius 2 is 1.95 bits per heavy atom. The van der Waals surface area contributed by atoms with Gasteiger partial charge in [-0.15, -0.1) is 0 Å². The molecule has 1 fully saturated rings. The number of hydrogen-bond acceptors (Lipinski definition) is 5. The number of aliphatic hydroxyl groups excluding tert-OH is 3. The Morgan fingerprint density at radius 3 is 2.62 bits per heavy atom. The molecule has 0 saturated carbocycles. The number of amides is 1. The molecule has 1 aromatic carbocycles. The van der Waals surface area contributed by atoms with Gasteiger partial charge < -0.3 is 26.0 Å². The molecule has 1 aliphatic carbocycles. The number of hydrogen-bond donors (Lipinski definition) is 5. The summed E-state index contributed by atoms with van der Waals surface area (Å²) in [5.41, 5.74) is 2.26. The molecule has 21 heavy (non-hydrogen) atoms. The van der Waals surface area contributed by atoms with Gasteiger partial charge in [0.05, 0.1) is 36.8 Å². The first kappa shape index (κ1) is 14.5. The molecule has 0 radical (unpaired) electrons. The van der Waals surface area contributed by atoms with Crippen molar-refractivity contribution in [1.82, 2.24) is 10.6 Å². The molecule has 1 heterocycles. The molecule has 5 N–H and O–H groups in total. The minimum Gasteiger partial charge on any atom is -0.395 e. The largest absolute Gasteiger partial charge is 0.395 e. The smallest absolute Gasteiger partial charge is 0.227 e. The van der Waals surface area contributed by atoms with Crippen molar-refractivity contribution in [3.63, 3.8) is 0 Å². The lowest BCUT2D eigenvalue weighted by molar-refractivity contribution is -0.123. The first-order chi connectivity index (χ1) is 10.1. The summed E-state index contributed by atoms with van der Waals surface area (Å²) in [7, 11) is 0. The zero-order valence-electron chi connectivity index (χ0n) is 11.6. The van der Waals surface area contributed by atoms with E-state index < -0.39 is 24.3 Å². The lowest BCUT2D eigenvalue weighted by Crippen LogP contribution is -2.46. The van der Waals surface area contributed by atoms with E-state index in [4.69, 9.17) is 5.11 Å². The molecule has 6 heteroatoms. The van der Waals surface area contributed by atoms with Crippen LogP contribution in [0, 0.1) is 0 Å². The fraction of sp³-hybridized carbons (Fsp3) is 0.533. The van der Waals surface area contributed by atoms with Crippen LogP contribution in [0.5, 0.6) is 0 Å². The van der Waals surface area contributed by atoms with E-state index in [1.54, 1.807) is 0 Å². The highest BCUT2D eigenvalue weighted by Crippen LogP contribution is 2.34. The summed E-state index contributed by atoms with van der Waals surface area (Å²) < 4.78 is 0. The SMILES string of the molecule is O=C(NC[C@H]1N[C@H](CO)[C@H](O)[C@@H]1O)C1Cc2ccccc21. The van der Waals surface area contributed by atoms with Gasteiger partial charge in [-0.1, -0.05) is 24.3 Å². The molecule has 2 aliphatic rings. The van der Waals surface area contributed by atoms with Gasteiger partial charge in [0.1, 0.15) is 0 Å². The maximum atomic E-state index is 12.2. The molecule has 1 amide bonds. The van der Waals surface area contributed by atoms with Crippen molar-refractivity contribution in [2.45, 2.75) is 36.6 Å². The average molecular weight is 292 g/mol.